The van der Waals surface area contributed by atoms with E-state index in [1.807, 2.05) is 31.2 Å². The number of benzene rings is 1. The zero-order valence-corrected chi connectivity index (χ0v) is 11.4. The minimum absolute atomic E-state index is 0.293. The monoisotopic (exact) mass is 272 g/mol. The lowest BCUT2D eigenvalue weighted by Crippen LogP contribution is -2.17. The summed E-state index contributed by atoms with van der Waals surface area (Å²) in [7, 11) is 0. The van der Waals surface area contributed by atoms with Crippen LogP contribution in [-0.4, -0.2) is 18.7 Å². The lowest BCUT2D eigenvalue weighted by Gasteiger charge is -2.02. The molecule has 104 valence electrons. The number of ether oxygens (including phenoxy) is 1. The maximum Gasteiger partial charge on any atom is 0.274 e. The van der Waals surface area contributed by atoms with Crippen molar-refractivity contribution in [2.45, 2.75) is 13.8 Å². The van der Waals surface area contributed by atoms with Gasteiger partial charge in [0, 0.05) is 0 Å². The smallest absolute Gasteiger partial charge is 0.274 e. The fourth-order valence-corrected chi connectivity index (χ4v) is 1.66. The number of hydrogen-bond acceptors (Lipinski definition) is 4. The molecule has 0 spiro atoms. The Morgan fingerprint density at radius 3 is 2.70 bits per heavy atom. The molecule has 0 fully saturated rings. The molecule has 0 saturated heterocycles. The van der Waals surface area contributed by atoms with Gasteiger partial charge in [0.1, 0.15) is 11.5 Å². The highest BCUT2D eigenvalue weighted by Gasteiger charge is 2.09. The van der Waals surface area contributed by atoms with Crippen LogP contribution in [0.3, 0.4) is 0 Å². The van der Waals surface area contributed by atoms with Gasteiger partial charge in [-0.15, -0.1) is 0 Å². The Hall–Kier alpha value is -2.56. The Morgan fingerprint density at radius 2 is 2.10 bits per heavy atom. The predicted octanol–water partition coefficient (Wildman–Crippen LogP) is 2.75. The van der Waals surface area contributed by atoms with E-state index < -0.39 is 0 Å². The Balaban J connectivity index is 1.93. The Kier molecular flexibility index (Phi) is 4.55. The predicted molar refractivity (Wildman–Crippen MR) is 76.1 cm³/mol. The van der Waals surface area contributed by atoms with Crippen molar-refractivity contribution in [1.82, 2.24) is 5.43 Å². The van der Waals surface area contributed by atoms with Gasteiger partial charge in [-0.3, -0.25) is 4.79 Å². The van der Waals surface area contributed by atoms with Crippen LogP contribution in [0.5, 0.6) is 5.75 Å². The van der Waals surface area contributed by atoms with E-state index in [0.29, 0.717) is 17.9 Å². The van der Waals surface area contributed by atoms with Gasteiger partial charge in [0.05, 0.1) is 24.6 Å². The van der Waals surface area contributed by atoms with E-state index in [1.165, 1.54) is 6.26 Å². The molecule has 2 aromatic rings. The van der Waals surface area contributed by atoms with Gasteiger partial charge in [-0.05, 0) is 49.7 Å². The molecule has 1 heterocycles. The minimum Gasteiger partial charge on any atom is -0.494 e. The molecule has 0 aliphatic rings. The standard InChI is InChI=1S/C15H16N2O3/c1-3-19-13-6-4-12(5-7-13)10-16-17-15(18)14-8-9-20-11(14)2/h4-10H,3H2,1-2H3,(H,17,18)/b16-10+. The highest BCUT2D eigenvalue weighted by Crippen LogP contribution is 2.11. The molecule has 0 saturated carbocycles. The summed E-state index contributed by atoms with van der Waals surface area (Å²) < 4.78 is 10.4. The molecule has 5 heteroatoms. The second-order valence-corrected chi connectivity index (χ2v) is 4.09. The van der Waals surface area contributed by atoms with E-state index in [9.17, 15) is 4.79 Å². The van der Waals surface area contributed by atoms with Crippen molar-refractivity contribution in [3.8, 4) is 5.75 Å². The van der Waals surface area contributed by atoms with E-state index in [4.69, 9.17) is 9.15 Å². The molecule has 0 aliphatic carbocycles. The number of amides is 1. The van der Waals surface area contributed by atoms with Crippen LogP contribution in [-0.2, 0) is 0 Å². The molecular weight excluding hydrogens is 256 g/mol. The zero-order valence-electron chi connectivity index (χ0n) is 11.4. The van der Waals surface area contributed by atoms with E-state index in [-0.39, 0.29) is 5.91 Å². The maximum atomic E-state index is 11.8. The number of carbonyl (C=O) groups excluding carboxylic acids is 1. The molecule has 0 atom stereocenters. The molecular formula is C15H16N2O3. The van der Waals surface area contributed by atoms with Crippen molar-refractivity contribution in [2.75, 3.05) is 6.61 Å². The second kappa shape index (κ2) is 6.56. The van der Waals surface area contributed by atoms with Crippen molar-refractivity contribution in [2.24, 2.45) is 5.10 Å². The third-order valence-electron chi connectivity index (χ3n) is 2.67. The van der Waals surface area contributed by atoms with Crippen molar-refractivity contribution >= 4 is 12.1 Å². The number of hydrazone groups is 1. The number of rotatable bonds is 5. The third kappa shape index (κ3) is 3.47. The average molecular weight is 272 g/mol. The summed E-state index contributed by atoms with van der Waals surface area (Å²) in [5.41, 5.74) is 3.81. The quantitative estimate of drug-likeness (QED) is 0.672. The summed E-state index contributed by atoms with van der Waals surface area (Å²) in [6.45, 7) is 4.29. The third-order valence-corrected chi connectivity index (χ3v) is 2.67. The largest absolute Gasteiger partial charge is 0.494 e. The molecule has 0 unspecified atom stereocenters. The van der Waals surface area contributed by atoms with E-state index in [0.717, 1.165) is 11.3 Å². The summed E-state index contributed by atoms with van der Waals surface area (Å²) in [5, 5.41) is 3.91. The van der Waals surface area contributed by atoms with Crippen molar-refractivity contribution in [3.05, 3.63) is 53.5 Å². The maximum absolute atomic E-state index is 11.8. The Bertz CT molecular complexity index is 600. The first-order valence-electron chi connectivity index (χ1n) is 6.31. The number of furan rings is 1. The van der Waals surface area contributed by atoms with Gasteiger partial charge < -0.3 is 9.15 Å². The summed E-state index contributed by atoms with van der Waals surface area (Å²) >= 11 is 0. The molecule has 5 nitrogen and oxygen atoms in total. The molecule has 1 N–H and O–H groups in total. The van der Waals surface area contributed by atoms with Crippen LogP contribution in [0.25, 0.3) is 0 Å². The normalized spacial score (nSPS) is 10.7. The van der Waals surface area contributed by atoms with Gasteiger partial charge in [0.25, 0.3) is 5.91 Å². The van der Waals surface area contributed by atoms with Gasteiger partial charge in [-0.2, -0.15) is 5.10 Å². The lowest BCUT2D eigenvalue weighted by atomic mass is 10.2. The highest BCUT2D eigenvalue weighted by atomic mass is 16.5. The van der Waals surface area contributed by atoms with Crippen molar-refractivity contribution in [3.63, 3.8) is 0 Å². The molecule has 20 heavy (non-hydrogen) atoms. The van der Waals surface area contributed by atoms with Crippen molar-refractivity contribution < 1.29 is 13.9 Å². The number of aryl methyl sites for hydroxylation is 1. The summed E-state index contributed by atoms with van der Waals surface area (Å²) in [4.78, 5) is 11.8. The molecule has 0 bridgehead atoms. The lowest BCUT2D eigenvalue weighted by molar-refractivity contribution is 0.0953. The first kappa shape index (κ1) is 13.9. The van der Waals surface area contributed by atoms with Crippen LogP contribution >= 0.6 is 0 Å². The topological polar surface area (TPSA) is 63.8 Å². The first-order valence-corrected chi connectivity index (χ1v) is 6.31. The summed E-state index contributed by atoms with van der Waals surface area (Å²) in [5.74, 6) is 1.08. The van der Waals surface area contributed by atoms with E-state index >= 15 is 0 Å². The molecule has 0 radical (unpaired) electrons. The average Bonchev–Trinajstić information content (AvgIpc) is 2.87. The Morgan fingerprint density at radius 1 is 1.35 bits per heavy atom. The van der Waals surface area contributed by atoms with Gasteiger partial charge in [0.2, 0.25) is 0 Å². The second-order valence-electron chi connectivity index (χ2n) is 4.09. The van der Waals surface area contributed by atoms with Gasteiger partial charge in [0.15, 0.2) is 0 Å². The zero-order chi connectivity index (χ0) is 14.4. The van der Waals surface area contributed by atoms with Crippen LogP contribution in [0.15, 0.2) is 46.1 Å². The van der Waals surface area contributed by atoms with Gasteiger partial charge >= 0.3 is 0 Å². The molecule has 0 aliphatic heterocycles. The van der Waals surface area contributed by atoms with E-state index in [1.54, 1.807) is 19.2 Å². The molecule has 1 amide bonds. The van der Waals surface area contributed by atoms with Crippen LogP contribution < -0.4 is 10.2 Å². The molecule has 2 rings (SSSR count). The fourth-order valence-electron chi connectivity index (χ4n) is 1.66. The first-order chi connectivity index (χ1) is 9.70. The van der Waals surface area contributed by atoms with Crippen LogP contribution in [0.1, 0.15) is 28.6 Å². The van der Waals surface area contributed by atoms with Gasteiger partial charge in [-0.1, -0.05) is 0 Å². The van der Waals surface area contributed by atoms with Crippen LogP contribution in [0.4, 0.5) is 0 Å². The van der Waals surface area contributed by atoms with Gasteiger partial charge in [-0.25, -0.2) is 5.43 Å². The summed E-state index contributed by atoms with van der Waals surface area (Å²) in [6, 6.07) is 9.05. The molecule has 1 aromatic heterocycles. The number of nitrogens with zero attached hydrogens (tertiary/aromatic N) is 1. The molecule has 1 aromatic carbocycles. The van der Waals surface area contributed by atoms with Crippen molar-refractivity contribution in [1.29, 1.82) is 0 Å². The number of hydrogen-bond donors (Lipinski definition) is 1. The fraction of sp³-hybridized carbons (Fsp3) is 0.200. The number of carbonyl (C=O) groups is 1. The van der Waals surface area contributed by atoms with E-state index in [2.05, 4.69) is 10.5 Å². The minimum atomic E-state index is -0.293. The summed E-state index contributed by atoms with van der Waals surface area (Å²) in [6.07, 6.45) is 3.05. The van der Waals surface area contributed by atoms with Crippen LogP contribution in [0, 0.1) is 6.92 Å². The Labute approximate surface area is 117 Å². The SMILES string of the molecule is CCOc1ccc(/C=N/NC(=O)c2ccoc2C)cc1. The van der Waals surface area contributed by atoms with Crippen LogP contribution in [0.2, 0.25) is 0 Å². The highest BCUT2D eigenvalue weighted by molar-refractivity contribution is 5.95. The number of nitrogens with one attached hydrogen (secondary N) is 1.